The molecule has 0 unspecified atom stereocenters. The van der Waals surface area contributed by atoms with Gasteiger partial charge in [-0.05, 0) is 24.6 Å². The second-order valence-corrected chi connectivity index (χ2v) is 6.93. The molecule has 0 atom stereocenters. The molecule has 1 aromatic carbocycles. The summed E-state index contributed by atoms with van der Waals surface area (Å²) < 4.78 is 5.23. The highest BCUT2D eigenvalue weighted by Crippen LogP contribution is 2.14. The fourth-order valence-corrected chi connectivity index (χ4v) is 3.00. The first-order valence-electron chi connectivity index (χ1n) is 10.2. The fourth-order valence-electron chi connectivity index (χ4n) is 3.00. The average Bonchev–Trinajstić information content (AvgIpc) is 2.62. The molecule has 1 rings (SSSR count). The molecule has 25 heavy (non-hydrogen) atoms. The second kappa shape index (κ2) is 14.8. The van der Waals surface area contributed by atoms with Crippen LogP contribution in [0.15, 0.2) is 24.3 Å². The van der Waals surface area contributed by atoms with Crippen LogP contribution in [-0.2, 0) is 4.74 Å². The first-order valence-corrected chi connectivity index (χ1v) is 10.2. The van der Waals surface area contributed by atoms with Crippen LogP contribution in [0.5, 0.6) is 5.75 Å². The van der Waals surface area contributed by atoms with Crippen molar-refractivity contribution in [1.82, 2.24) is 0 Å². The van der Waals surface area contributed by atoms with Crippen molar-refractivity contribution in [3.8, 4) is 5.75 Å². The molecular formula is C22H36O3. The Bertz CT molecular complexity index is 456. The highest BCUT2D eigenvalue weighted by molar-refractivity contribution is 5.89. The van der Waals surface area contributed by atoms with Crippen molar-refractivity contribution >= 4 is 5.97 Å². The topological polar surface area (TPSA) is 46.5 Å². The van der Waals surface area contributed by atoms with Crippen LogP contribution in [0.1, 0.15) is 101 Å². The molecule has 142 valence electrons. The van der Waals surface area contributed by atoms with Crippen LogP contribution in [0.3, 0.4) is 0 Å². The van der Waals surface area contributed by atoms with Crippen LogP contribution < -0.4 is 0 Å². The summed E-state index contributed by atoms with van der Waals surface area (Å²) in [5.74, 6) is -0.259. The fraction of sp³-hybridized carbons (Fsp3) is 0.682. The Morgan fingerprint density at radius 2 is 1.36 bits per heavy atom. The predicted molar refractivity (Wildman–Crippen MR) is 104 cm³/mol. The Morgan fingerprint density at radius 3 is 1.88 bits per heavy atom. The van der Waals surface area contributed by atoms with Gasteiger partial charge in [0.25, 0.3) is 0 Å². The molecule has 1 N–H and O–H groups in total. The molecule has 0 saturated carbocycles. The van der Waals surface area contributed by atoms with Crippen LogP contribution >= 0.6 is 0 Å². The Morgan fingerprint density at radius 1 is 0.840 bits per heavy atom. The van der Waals surface area contributed by atoms with E-state index in [4.69, 9.17) is 4.74 Å². The van der Waals surface area contributed by atoms with E-state index in [0.717, 1.165) is 12.8 Å². The summed E-state index contributed by atoms with van der Waals surface area (Å²) in [7, 11) is 0. The lowest BCUT2D eigenvalue weighted by molar-refractivity contribution is 0.0497. The summed E-state index contributed by atoms with van der Waals surface area (Å²) in [6, 6.07) is 6.29. The number of aromatic hydroxyl groups is 1. The van der Waals surface area contributed by atoms with E-state index >= 15 is 0 Å². The van der Waals surface area contributed by atoms with Gasteiger partial charge in [0.1, 0.15) is 5.75 Å². The largest absolute Gasteiger partial charge is 0.508 e. The maximum Gasteiger partial charge on any atom is 0.338 e. The second-order valence-electron chi connectivity index (χ2n) is 6.93. The molecule has 0 amide bonds. The van der Waals surface area contributed by atoms with Gasteiger partial charge in [-0.25, -0.2) is 4.79 Å². The number of phenols is 1. The van der Waals surface area contributed by atoms with E-state index in [-0.39, 0.29) is 11.7 Å². The molecular weight excluding hydrogens is 312 g/mol. The summed E-state index contributed by atoms with van der Waals surface area (Å²) in [5, 5.41) is 9.35. The van der Waals surface area contributed by atoms with Gasteiger partial charge in [-0.2, -0.15) is 0 Å². The lowest BCUT2D eigenvalue weighted by Gasteiger charge is -2.05. The Balaban J connectivity index is 1.85. The van der Waals surface area contributed by atoms with Crippen molar-refractivity contribution < 1.29 is 14.6 Å². The highest BCUT2D eigenvalue weighted by atomic mass is 16.5. The predicted octanol–water partition coefficient (Wildman–Crippen LogP) is 6.64. The molecule has 3 nitrogen and oxygen atoms in total. The lowest BCUT2D eigenvalue weighted by atomic mass is 10.0. The number of carbonyl (C=O) groups is 1. The van der Waals surface area contributed by atoms with Gasteiger partial charge in [0.05, 0.1) is 12.2 Å². The monoisotopic (exact) mass is 348 g/mol. The maximum atomic E-state index is 11.8. The quantitative estimate of drug-likeness (QED) is 0.285. The van der Waals surface area contributed by atoms with E-state index < -0.39 is 0 Å². The zero-order valence-corrected chi connectivity index (χ0v) is 16.0. The third-order valence-electron chi connectivity index (χ3n) is 4.56. The SMILES string of the molecule is CCCCCCCCCCCCCCCOC(=O)c1cccc(O)c1. The van der Waals surface area contributed by atoms with E-state index in [9.17, 15) is 9.90 Å². The molecule has 0 aromatic heterocycles. The summed E-state index contributed by atoms with van der Waals surface area (Å²) in [4.78, 5) is 11.8. The standard InChI is InChI=1S/C22H36O3/c1-2-3-4-5-6-7-8-9-10-11-12-13-14-18-25-22(24)20-16-15-17-21(23)19-20/h15-17,19,23H,2-14,18H2,1H3. The van der Waals surface area contributed by atoms with Gasteiger partial charge in [0.15, 0.2) is 0 Å². The third-order valence-corrected chi connectivity index (χ3v) is 4.56. The number of esters is 1. The molecule has 0 fully saturated rings. The van der Waals surface area contributed by atoms with E-state index in [0.29, 0.717) is 12.2 Å². The van der Waals surface area contributed by atoms with Crippen molar-refractivity contribution in [1.29, 1.82) is 0 Å². The first kappa shape index (κ1) is 21.5. The molecule has 0 bridgehead atoms. The smallest absolute Gasteiger partial charge is 0.338 e. The summed E-state index contributed by atoms with van der Waals surface area (Å²) in [6.07, 6.45) is 17.0. The number of carbonyl (C=O) groups excluding carboxylic acids is 1. The molecule has 0 aliphatic carbocycles. The number of unbranched alkanes of at least 4 members (excludes halogenated alkanes) is 12. The summed E-state index contributed by atoms with van der Waals surface area (Å²) in [6.45, 7) is 2.73. The molecule has 0 heterocycles. The Kier molecular flexibility index (Phi) is 12.7. The van der Waals surface area contributed by atoms with Gasteiger partial charge in [-0.15, -0.1) is 0 Å². The van der Waals surface area contributed by atoms with Crippen LogP contribution in [0, 0.1) is 0 Å². The van der Waals surface area contributed by atoms with Gasteiger partial charge >= 0.3 is 5.97 Å². The van der Waals surface area contributed by atoms with Crippen LogP contribution in [0.4, 0.5) is 0 Å². The summed E-state index contributed by atoms with van der Waals surface area (Å²) >= 11 is 0. The lowest BCUT2D eigenvalue weighted by Crippen LogP contribution is -2.06. The van der Waals surface area contributed by atoms with Crippen molar-refractivity contribution in [3.63, 3.8) is 0 Å². The molecule has 0 spiro atoms. The Labute approximate surface area is 153 Å². The van der Waals surface area contributed by atoms with E-state index in [1.165, 1.54) is 76.7 Å². The van der Waals surface area contributed by atoms with E-state index in [1.807, 2.05) is 0 Å². The van der Waals surface area contributed by atoms with Gasteiger partial charge in [-0.3, -0.25) is 0 Å². The molecule has 0 radical (unpaired) electrons. The minimum atomic E-state index is -0.352. The van der Waals surface area contributed by atoms with Crippen LogP contribution in [0.2, 0.25) is 0 Å². The highest BCUT2D eigenvalue weighted by Gasteiger charge is 2.06. The maximum absolute atomic E-state index is 11.8. The number of rotatable bonds is 15. The van der Waals surface area contributed by atoms with Crippen molar-refractivity contribution in [2.45, 2.75) is 90.4 Å². The van der Waals surface area contributed by atoms with Gasteiger partial charge in [0.2, 0.25) is 0 Å². The molecule has 0 aliphatic rings. The first-order chi connectivity index (χ1) is 12.2. The summed E-state index contributed by atoms with van der Waals surface area (Å²) in [5.41, 5.74) is 0.412. The Hall–Kier alpha value is -1.51. The van der Waals surface area contributed by atoms with Crippen molar-refractivity contribution in [2.24, 2.45) is 0 Å². The van der Waals surface area contributed by atoms with Crippen molar-refractivity contribution in [2.75, 3.05) is 6.61 Å². The van der Waals surface area contributed by atoms with Crippen LogP contribution in [-0.4, -0.2) is 17.7 Å². The average molecular weight is 349 g/mol. The zero-order valence-electron chi connectivity index (χ0n) is 16.0. The van der Waals surface area contributed by atoms with Gasteiger partial charge in [0, 0.05) is 0 Å². The zero-order chi connectivity index (χ0) is 18.2. The van der Waals surface area contributed by atoms with Crippen LogP contribution in [0.25, 0.3) is 0 Å². The normalized spacial score (nSPS) is 10.8. The van der Waals surface area contributed by atoms with E-state index in [2.05, 4.69) is 6.92 Å². The van der Waals surface area contributed by atoms with Gasteiger partial charge in [-0.1, -0.05) is 90.0 Å². The number of ether oxygens (including phenoxy) is 1. The minimum Gasteiger partial charge on any atom is -0.508 e. The number of hydrogen-bond donors (Lipinski definition) is 1. The molecule has 0 saturated heterocycles. The van der Waals surface area contributed by atoms with E-state index in [1.54, 1.807) is 18.2 Å². The van der Waals surface area contributed by atoms with Gasteiger partial charge < -0.3 is 9.84 Å². The molecule has 0 aliphatic heterocycles. The third kappa shape index (κ3) is 11.6. The van der Waals surface area contributed by atoms with Crippen molar-refractivity contribution in [3.05, 3.63) is 29.8 Å². The molecule has 1 aromatic rings. The minimum absolute atomic E-state index is 0.0930. The number of hydrogen-bond acceptors (Lipinski definition) is 3. The number of benzene rings is 1. The molecule has 3 heteroatoms. The number of phenolic OH excluding ortho intramolecular Hbond substituents is 1.